The highest BCUT2D eigenvalue weighted by atomic mass is 16.6. The molecule has 138 valence electrons. The Morgan fingerprint density at radius 2 is 2.15 bits per heavy atom. The highest BCUT2D eigenvalue weighted by molar-refractivity contribution is 5.85. The van der Waals surface area contributed by atoms with Gasteiger partial charge in [-0.25, -0.2) is 0 Å². The number of nitrogens with zero attached hydrogens (tertiary/aromatic N) is 3. The van der Waals surface area contributed by atoms with Gasteiger partial charge in [-0.2, -0.15) is 5.26 Å². The summed E-state index contributed by atoms with van der Waals surface area (Å²) in [7, 11) is 0. The number of carbonyl (C=O) groups is 1. The Balaban J connectivity index is 2.02. The number of nitro groups is 1. The number of fused-ring (bicyclic) bond motifs is 1. The first kappa shape index (κ1) is 18.2. The van der Waals surface area contributed by atoms with Crippen LogP contribution in [0.5, 0.6) is 5.75 Å². The third kappa shape index (κ3) is 3.67. The molecule has 8 nitrogen and oxygen atoms in total. The van der Waals surface area contributed by atoms with Gasteiger partial charge < -0.3 is 15.0 Å². The van der Waals surface area contributed by atoms with Crippen LogP contribution in [0.3, 0.4) is 0 Å². The van der Waals surface area contributed by atoms with Gasteiger partial charge in [0.2, 0.25) is 0 Å². The number of amides is 1. The minimum Gasteiger partial charge on any atom is -0.477 e. The topological polar surface area (TPSA) is 109 Å². The van der Waals surface area contributed by atoms with Crippen LogP contribution >= 0.6 is 0 Å². The Bertz CT molecular complexity index is 922. The van der Waals surface area contributed by atoms with Crippen molar-refractivity contribution >= 4 is 23.0 Å². The van der Waals surface area contributed by atoms with Crippen LogP contribution in [-0.2, 0) is 4.79 Å². The lowest BCUT2D eigenvalue weighted by Gasteiger charge is -2.36. The van der Waals surface area contributed by atoms with Gasteiger partial charge in [0.05, 0.1) is 28.4 Å². The molecule has 1 aliphatic rings. The number of nitrogens with one attached hydrogen (secondary N) is 1. The van der Waals surface area contributed by atoms with Crippen LogP contribution in [0.25, 0.3) is 0 Å². The van der Waals surface area contributed by atoms with Crippen LogP contribution in [-0.4, -0.2) is 30.0 Å². The molecule has 0 bridgehead atoms. The molecule has 0 saturated carbocycles. The molecule has 0 fully saturated rings. The lowest BCUT2D eigenvalue weighted by Crippen LogP contribution is -2.47. The zero-order chi connectivity index (χ0) is 19.4. The zero-order valence-electron chi connectivity index (χ0n) is 14.7. The number of benzene rings is 2. The molecular formula is C19H18N4O4. The van der Waals surface area contributed by atoms with Crippen LogP contribution in [0.15, 0.2) is 42.5 Å². The van der Waals surface area contributed by atoms with Gasteiger partial charge >= 0.3 is 0 Å². The number of hydrogen-bond acceptors (Lipinski definition) is 6. The molecule has 0 aliphatic carbocycles. The number of hydrogen-bond donors (Lipinski definition) is 1. The van der Waals surface area contributed by atoms with Crippen LogP contribution < -0.4 is 15.0 Å². The molecule has 2 aromatic carbocycles. The van der Waals surface area contributed by atoms with Crippen molar-refractivity contribution in [3.63, 3.8) is 0 Å². The molecule has 0 spiro atoms. The fourth-order valence-corrected chi connectivity index (χ4v) is 2.92. The van der Waals surface area contributed by atoms with E-state index in [2.05, 4.69) is 5.32 Å². The van der Waals surface area contributed by atoms with Crippen molar-refractivity contribution in [2.75, 3.05) is 18.0 Å². The second kappa shape index (κ2) is 7.74. The maximum Gasteiger partial charge on any atom is 0.270 e. The molecule has 1 N–H and O–H groups in total. The van der Waals surface area contributed by atoms with E-state index in [0.29, 0.717) is 23.7 Å². The molecule has 0 saturated heterocycles. The third-order valence-electron chi connectivity index (χ3n) is 4.22. The van der Waals surface area contributed by atoms with Gasteiger partial charge in [-0.05, 0) is 24.6 Å². The number of anilines is 2. The number of para-hydroxylation sites is 2. The number of carbonyl (C=O) groups excluding carboxylic acids is 1. The Kier molecular flexibility index (Phi) is 5.22. The number of nitriles is 1. The predicted octanol–water partition coefficient (Wildman–Crippen LogP) is 2.89. The molecule has 8 heteroatoms. The number of non-ortho nitro benzene ring substituents is 1. The number of ether oxygens (including phenoxy) is 1. The first-order chi connectivity index (χ1) is 13.0. The summed E-state index contributed by atoms with van der Waals surface area (Å²) in [4.78, 5) is 24.7. The minimum atomic E-state index is -0.756. The van der Waals surface area contributed by atoms with E-state index in [9.17, 15) is 20.2 Å². The Morgan fingerprint density at radius 1 is 1.37 bits per heavy atom. The molecule has 1 amide bonds. The van der Waals surface area contributed by atoms with Crippen molar-refractivity contribution in [3.8, 4) is 11.8 Å². The van der Waals surface area contributed by atoms with E-state index in [-0.39, 0.29) is 23.7 Å². The average Bonchev–Trinajstić information content (AvgIpc) is 2.70. The number of nitro benzene ring substituents is 1. The fourth-order valence-electron chi connectivity index (χ4n) is 2.92. The van der Waals surface area contributed by atoms with E-state index < -0.39 is 11.0 Å². The van der Waals surface area contributed by atoms with Gasteiger partial charge in [0.1, 0.15) is 11.8 Å². The van der Waals surface area contributed by atoms with Crippen molar-refractivity contribution in [2.24, 2.45) is 0 Å². The Labute approximate surface area is 156 Å². The molecule has 1 aliphatic heterocycles. The Hall–Kier alpha value is -3.60. The first-order valence-corrected chi connectivity index (χ1v) is 8.54. The molecule has 1 atom stereocenters. The van der Waals surface area contributed by atoms with E-state index >= 15 is 0 Å². The predicted molar refractivity (Wildman–Crippen MR) is 99.0 cm³/mol. The van der Waals surface area contributed by atoms with Gasteiger partial charge in [-0.15, -0.1) is 0 Å². The van der Waals surface area contributed by atoms with E-state index in [4.69, 9.17) is 4.74 Å². The maximum atomic E-state index is 12.4. The van der Waals surface area contributed by atoms with Gasteiger partial charge in [-0.3, -0.25) is 14.9 Å². The summed E-state index contributed by atoms with van der Waals surface area (Å²) in [5.41, 5.74) is 1.19. The van der Waals surface area contributed by atoms with Gasteiger partial charge in [0.25, 0.3) is 11.6 Å². The van der Waals surface area contributed by atoms with Crippen LogP contribution in [0.4, 0.5) is 17.1 Å². The van der Waals surface area contributed by atoms with Crippen molar-refractivity contribution in [2.45, 2.75) is 19.4 Å². The van der Waals surface area contributed by atoms with Crippen molar-refractivity contribution in [1.82, 2.24) is 5.32 Å². The SMILES string of the molecule is CCCNC(=O)[C@H]1CN(c2ccc([N+](=O)[O-])cc2C#N)c2ccccc2O1. The average molecular weight is 366 g/mol. The summed E-state index contributed by atoms with van der Waals surface area (Å²) >= 11 is 0. The van der Waals surface area contributed by atoms with Crippen LogP contribution in [0, 0.1) is 21.4 Å². The molecule has 0 aromatic heterocycles. The summed E-state index contributed by atoms with van der Waals surface area (Å²) in [6, 6.07) is 13.3. The summed E-state index contributed by atoms with van der Waals surface area (Å²) in [5, 5.41) is 23.3. The second-order valence-electron chi connectivity index (χ2n) is 6.05. The van der Waals surface area contributed by atoms with Crippen molar-refractivity contribution < 1.29 is 14.5 Å². The van der Waals surface area contributed by atoms with E-state index in [0.717, 1.165) is 6.42 Å². The highest BCUT2D eigenvalue weighted by Crippen LogP contribution is 2.39. The molecule has 2 aromatic rings. The van der Waals surface area contributed by atoms with Crippen LogP contribution in [0.2, 0.25) is 0 Å². The smallest absolute Gasteiger partial charge is 0.270 e. The molecule has 3 rings (SSSR count). The normalized spacial score (nSPS) is 15.3. The maximum absolute atomic E-state index is 12.4. The van der Waals surface area contributed by atoms with Gasteiger partial charge in [-0.1, -0.05) is 19.1 Å². The first-order valence-electron chi connectivity index (χ1n) is 8.54. The van der Waals surface area contributed by atoms with Crippen molar-refractivity contribution in [1.29, 1.82) is 5.26 Å². The summed E-state index contributed by atoms with van der Waals surface area (Å²) in [5.74, 6) is 0.277. The molecule has 1 heterocycles. The lowest BCUT2D eigenvalue weighted by molar-refractivity contribution is -0.384. The molecule has 0 radical (unpaired) electrons. The fraction of sp³-hybridized carbons (Fsp3) is 0.263. The lowest BCUT2D eigenvalue weighted by atomic mass is 10.1. The highest BCUT2D eigenvalue weighted by Gasteiger charge is 2.32. The minimum absolute atomic E-state index is 0.158. The van der Waals surface area contributed by atoms with Crippen LogP contribution in [0.1, 0.15) is 18.9 Å². The molecule has 0 unspecified atom stereocenters. The second-order valence-corrected chi connectivity index (χ2v) is 6.05. The quantitative estimate of drug-likeness (QED) is 0.644. The van der Waals surface area contributed by atoms with Gasteiger partial charge in [0, 0.05) is 18.7 Å². The van der Waals surface area contributed by atoms with Gasteiger partial charge in [0.15, 0.2) is 6.10 Å². The standard InChI is InChI=1S/C19H18N4O4/c1-2-9-21-19(24)18-12-22(16-5-3-4-6-17(16)27-18)15-8-7-14(23(25)26)10-13(15)11-20/h3-8,10,18H,2,9,12H2,1H3,(H,21,24)/t18-/m1/s1. The summed E-state index contributed by atoms with van der Waals surface area (Å²) in [6.07, 6.45) is 0.0489. The van der Waals surface area contributed by atoms with E-state index in [1.807, 2.05) is 25.1 Å². The van der Waals surface area contributed by atoms with Crippen molar-refractivity contribution in [3.05, 3.63) is 58.1 Å². The summed E-state index contributed by atoms with van der Waals surface area (Å²) in [6.45, 7) is 2.69. The third-order valence-corrected chi connectivity index (χ3v) is 4.22. The van der Waals surface area contributed by atoms with E-state index in [1.165, 1.54) is 18.2 Å². The van der Waals surface area contributed by atoms with E-state index in [1.54, 1.807) is 17.0 Å². The molecular weight excluding hydrogens is 348 g/mol. The number of rotatable bonds is 5. The molecule has 27 heavy (non-hydrogen) atoms. The Morgan fingerprint density at radius 3 is 2.85 bits per heavy atom. The zero-order valence-corrected chi connectivity index (χ0v) is 14.7. The monoisotopic (exact) mass is 366 g/mol. The largest absolute Gasteiger partial charge is 0.477 e. The summed E-state index contributed by atoms with van der Waals surface area (Å²) < 4.78 is 5.83.